The summed E-state index contributed by atoms with van der Waals surface area (Å²) in [7, 11) is 0. The van der Waals surface area contributed by atoms with E-state index < -0.39 is 5.63 Å². The Morgan fingerprint density at radius 2 is 1.96 bits per heavy atom. The highest BCUT2D eigenvalue weighted by Gasteiger charge is 2.15. The number of imidazole rings is 1. The Balaban J connectivity index is 1.86. The summed E-state index contributed by atoms with van der Waals surface area (Å²) in [6.45, 7) is 3.76. The van der Waals surface area contributed by atoms with Gasteiger partial charge < -0.3 is 4.42 Å². The molecular formula is C21H15ClN2O2S. The van der Waals surface area contributed by atoms with E-state index in [4.69, 9.17) is 16.0 Å². The first-order valence-corrected chi connectivity index (χ1v) is 9.64. The molecule has 2 aromatic carbocycles. The highest BCUT2D eigenvalue weighted by Crippen LogP contribution is 2.28. The summed E-state index contributed by atoms with van der Waals surface area (Å²) in [5.41, 5.74) is 2.06. The monoisotopic (exact) mass is 394 g/mol. The summed E-state index contributed by atoms with van der Waals surface area (Å²) in [6, 6.07) is 16.7. The normalized spacial score (nSPS) is 11.0. The minimum absolute atomic E-state index is 0.408. The maximum atomic E-state index is 12.5. The standard InChI is InChI=1S/C21H15ClN2O2S/c1-2-11-27-21-23-18(13-24(21)16-9-7-15(22)8-10-16)17-12-14-5-3-4-6-19(14)26-20(17)25/h2-10,12-13H,1,11H2. The second kappa shape index (κ2) is 7.47. The van der Waals surface area contributed by atoms with Crippen molar-refractivity contribution < 1.29 is 4.42 Å². The first kappa shape index (κ1) is 17.6. The van der Waals surface area contributed by atoms with Gasteiger partial charge in [0, 0.05) is 28.0 Å². The average Bonchev–Trinajstić information content (AvgIpc) is 3.10. The van der Waals surface area contributed by atoms with Crippen LogP contribution < -0.4 is 5.63 Å². The molecule has 0 atom stereocenters. The van der Waals surface area contributed by atoms with E-state index in [1.54, 1.807) is 6.07 Å². The number of aromatic nitrogens is 2. The molecule has 2 aromatic heterocycles. The fourth-order valence-corrected chi connectivity index (χ4v) is 3.61. The predicted molar refractivity (Wildman–Crippen MR) is 111 cm³/mol. The maximum absolute atomic E-state index is 12.5. The van der Waals surface area contributed by atoms with Gasteiger partial charge in [0.05, 0.1) is 11.3 Å². The van der Waals surface area contributed by atoms with Crippen molar-refractivity contribution in [2.75, 3.05) is 5.75 Å². The van der Waals surface area contributed by atoms with Gasteiger partial charge in [0.1, 0.15) is 5.58 Å². The predicted octanol–water partition coefficient (Wildman–Crippen LogP) is 5.58. The summed E-state index contributed by atoms with van der Waals surface area (Å²) in [4.78, 5) is 17.2. The lowest BCUT2D eigenvalue weighted by Gasteiger charge is -2.06. The molecule has 0 saturated heterocycles. The molecule has 4 nitrogen and oxygen atoms in total. The molecule has 0 aliphatic heterocycles. The molecule has 0 radical (unpaired) electrons. The molecule has 2 heterocycles. The van der Waals surface area contributed by atoms with Crippen LogP contribution in [0.2, 0.25) is 5.02 Å². The third-order valence-corrected chi connectivity index (χ3v) is 5.23. The second-order valence-corrected chi connectivity index (χ2v) is 7.26. The molecule has 27 heavy (non-hydrogen) atoms. The molecule has 0 N–H and O–H groups in total. The largest absolute Gasteiger partial charge is 0.422 e. The van der Waals surface area contributed by atoms with Gasteiger partial charge >= 0.3 is 5.63 Å². The Bertz CT molecular complexity index is 1180. The van der Waals surface area contributed by atoms with Crippen molar-refractivity contribution in [2.24, 2.45) is 0 Å². The van der Waals surface area contributed by atoms with E-state index in [0.717, 1.165) is 16.2 Å². The van der Waals surface area contributed by atoms with Crippen LogP contribution in [0.1, 0.15) is 0 Å². The maximum Gasteiger partial charge on any atom is 0.345 e. The molecule has 134 valence electrons. The molecule has 4 rings (SSSR count). The lowest BCUT2D eigenvalue weighted by atomic mass is 10.1. The fourth-order valence-electron chi connectivity index (χ4n) is 2.76. The van der Waals surface area contributed by atoms with E-state index >= 15 is 0 Å². The molecule has 0 spiro atoms. The van der Waals surface area contributed by atoms with Gasteiger partial charge in [-0.2, -0.15) is 0 Å². The van der Waals surface area contributed by atoms with Crippen molar-refractivity contribution in [3.63, 3.8) is 0 Å². The van der Waals surface area contributed by atoms with Gasteiger partial charge in [0.15, 0.2) is 5.16 Å². The molecule has 0 unspecified atom stereocenters. The topological polar surface area (TPSA) is 48.0 Å². The van der Waals surface area contributed by atoms with Crippen molar-refractivity contribution in [1.82, 2.24) is 9.55 Å². The van der Waals surface area contributed by atoms with Gasteiger partial charge in [-0.1, -0.05) is 47.6 Å². The summed E-state index contributed by atoms with van der Waals surface area (Å²) >= 11 is 7.54. The summed E-state index contributed by atoms with van der Waals surface area (Å²) in [5.74, 6) is 0.705. The Morgan fingerprint density at radius 1 is 1.19 bits per heavy atom. The molecule has 6 heteroatoms. The van der Waals surface area contributed by atoms with Gasteiger partial charge in [-0.3, -0.25) is 4.57 Å². The van der Waals surface area contributed by atoms with E-state index in [2.05, 4.69) is 11.6 Å². The summed E-state index contributed by atoms with van der Waals surface area (Å²) in [6.07, 6.45) is 3.66. The van der Waals surface area contributed by atoms with E-state index in [1.807, 2.05) is 65.4 Å². The molecule has 4 aromatic rings. The zero-order chi connectivity index (χ0) is 18.8. The second-order valence-electron chi connectivity index (χ2n) is 5.84. The van der Waals surface area contributed by atoms with E-state index in [1.165, 1.54) is 11.8 Å². The zero-order valence-electron chi connectivity index (χ0n) is 14.3. The number of para-hydroxylation sites is 1. The van der Waals surface area contributed by atoms with E-state index in [0.29, 0.717) is 27.6 Å². The lowest BCUT2D eigenvalue weighted by Crippen LogP contribution is -2.02. The number of nitrogens with zero attached hydrogens (tertiary/aromatic N) is 2. The summed E-state index contributed by atoms with van der Waals surface area (Å²) < 4.78 is 7.39. The van der Waals surface area contributed by atoms with Crippen LogP contribution in [0.3, 0.4) is 0 Å². The van der Waals surface area contributed by atoms with Crippen LogP contribution in [0.25, 0.3) is 27.9 Å². The first-order chi connectivity index (χ1) is 13.2. The quantitative estimate of drug-likeness (QED) is 0.252. The van der Waals surface area contributed by atoms with Gasteiger partial charge in [-0.05, 0) is 36.4 Å². The van der Waals surface area contributed by atoms with Gasteiger partial charge in [0.25, 0.3) is 0 Å². The number of fused-ring (bicyclic) bond motifs is 1. The number of halogens is 1. The molecule has 0 saturated carbocycles. The number of hydrogen-bond donors (Lipinski definition) is 0. The minimum atomic E-state index is -0.408. The summed E-state index contributed by atoms with van der Waals surface area (Å²) in [5, 5.41) is 2.28. The molecular weight excluding hydrogens is 380 g/mol. The van der Waals surface area contributed by atoms with Crippen LogP contribution in [0.5, 0.6) is 0 Å². The van der Waals surface area contributed by atoms with Crippen molar-refractivity contribution in [3.8, 4) is 16.9 Å². The van der Waals surface area contributed by atoms with Gasteiger partial charge in [0.2, 0.25) is 0 Å². The Labute approximate surface area is 165 Å². The number of thioether (sulfide) groups is 1. The molecule has 0 bridgehead atoms. The van der Waals surface area contributed by atoms with Gasteiger partial charge in [-0.25, -0.2) is 9.78 Å². The van der Waals surface area contributed by atoms with Crippen LogP contribution >= 0.6 is 23.4 Å². The smallest absolute Gasteiger partial charge is 0.345 e. The van der Waals surface area contributed by atoms with Crippen LogP contribution in [-0.2, 0) is 0 Å². The van der Waals surface area contributed by atoms with E-state index in [-0.39, 0.29) is 0 Å². The Morgan fingerprint density at radius 3 is 2.74 bits per heavy atom. The van der Waals surface area contributed by atoms with Crippen LogP contribution in [-0.4, -0.2) is 15.3 Å². The molecule has 0 aliphatic carbocycles. The van der Waals surface area contributed by atoms with Crippen molar-refractivity contribution in [3.05, 3.63) is 88.9 Å². The Hall–Kier alpha value is -2.76. The third-order valence-electron chi connectivity index (χ3n) is 4.03. The minimum Gasteiger partial charge on any atom is -0.422 e. The number of benzene rings is 2. The van der Waals surface area contributed by atoms with Crippen LogP contribution in [0, 0.1) is 0 Å². The average molecular weight is 395 g/mol. The fraction of sp³-hybridized carbons (Fsp3) is 0.0476. The highest BCUT2D eigenvalue weighted by molar-refractivity contribution is 7.99. The number of rotatable bonds is 5. The van der Waals surface area contributed by atoms with Crippen molar-refractivity contribution >= 4 is 34.3 Å². The SMILES string of the molecule is C=CCSc1nc(-c2cc3ccccc3oc2=O)cn1-c1ccc(Cl)cc1. The highest BCUT2D eigenvalue weighted by atomic mass is 35.5. The van der Waals surface area contributed by atoms with Crippen molar-refractivity contribution in [2.45, 2.75) is 5.16 Å². The lowest BCUT2D eigenvalue weighted by molar-refractivity contribution is 0.563. The van der Waals surface area contributed by atoms with E-state index in [9.17, 15) is 4.79 Å². The van der Waals surface area contributed by atoms with Crippen LogP contribution in [0.4, 0.5) is 0 Å². The van der Waals surface area contributed by atoms with Gasteiger partial charge in [-0.15, -0.1) is 6.58 Å². The zero-order valence-corrected chi connectivity index (χ0v) is 15.8. The van der Waals surface area contributed by atoms with Crippen LogP contribution in [0.15, 0.2) is 87.8 Å². The molecule has 0 amide bonds. The first-order valence-electron chi connectivity index (χ1n) is 8.28. The molecule has 0 aliphatic rings. The molecule has 0 fully saturated rings. The third kappa shape index (κ3) is 3.56. The Kier molecular flexibility index (Phi) is 4.88. The number of hydrogen-bond acceptors (Lipinski definition) is 4. The van der Waals surface area contributed by atoms with Crippen molar-refractivity contribution in [1.29, 1.82) is 0 Å².